The molecule has 0 spiro atoms. The summed E-state index contributed by atoms with van der Waals surface area (Å²) >= 11 is 0. The molecule has 0 aromatic heterocycles. The van der Waals surface area contributed by atoms with Gasteiger partial charge in [-0.15, -0.1) is 0 Å². The molecule has 0 unspecified atom stereocenters. The molecule has 0 aromatic carbocycles. The van der Waals surface area contributed by atoms with Crippen molar-refractivity contribution in [3.63, 3.8) is 0 Å². The quantitative estimate of drug-likeness (QED) is 0.282. The number of esters is 1. The summed E-state index contributed by atoms with van der Waals surface area (Å²) in [7, 11) is 0. The zero-order valence-electron chi connectivity index (χ0n) is 10.6. The lowest BCUT2D eigenvalue weighted by atomic mass is 9.85. The number of carbonyl (C=O) groups excluding carboxylic acids is 3. The van der Waals surface area contributed by atoms with E-state index in [4.69, 9.17) is 9.47 Å². The van der Waals surface area contributed by atoms with Crippen molar-refractivity contribution in [2.75, 3.05) is 0 Å². The first-order valence-corrected chi connectivity index (χ1v) is 6.67. The fourth-order valence-electron chi connectivity index (χ4n) is 3.22. The van der Waals surface area contributed by atoms with Gasteiger partial charge in [0.05, 0.1) is 5.57 Å². The van der Waals surface area contributed by atoms with Crippen molar-refractivity contribution in [3.05, 3.63) is 35.5 Å². The third-order valence-corrected chi connectivity index (χ3v) is 4.32. The average molecular weight is 272 g/mol. The molecule has 3 atom stereocenters. The van der Waals surface area contributed by atoms with Gasteiger partial charge in [0, 0.05) is 5.57 Å². The number of allylic oxidation sites excluding steroid dienone is 5. The monoisotopic (exact) mass is 272 g/mol. The molecule has 4 aliphatic rings. The summed E-state index contributed by atoms with van der Waals surface area (Å²) in [5.74, 6) is -0.874. The summed E-state index contributed by atoms with van der Waals surface area (Å²) in [6.07, 6.45) is 6.79. The highest BCUT2D eigenvalue weighted by molar-refractivity contribution is 6.21. The van der Waals surface area contributed by atoms with Gasteiger partial charge in [0.2, 0.25) is 0 Å². The number of hydrogen-bond acceptors (Lipinski definition) is 5. The molecule has 0 saturated carbocycles. The van der Waals surface area contributed by atoms with E-state index in [2.05, 4.69) is 0 Å². The van der Waals surface area contributed by atoms with Gasteiger partial charge in [-0.05, 0) is 31.4 Å². The number of epoxide rings is 1. The van der Waals surface area contributed by atoms with Gasteiger partial charge in [-0.3, -0.25) is 9.59 Å². The second-order valence-electron chi connectivity index (χ2n) is 5.42. The van der Waals surface area contributed by atoms with Crippen LogP contribution in [0.5, 0.6) is 0 Å². The molecule has 5 heteroatoms. The van der Waals surface area contributed by atoms with E-state index in [1.54, 1.807) is 0 Å². The number of ketones is 2. The third kappa shape index (κ3) is 1.38. The molecular formula is C15H12O5. The molecular weight excluding hydrogens is 260 g/mol. The van der Waals surface area contributed by atoms with Crippen molar-refractivity contribution >= 4 is 17.5 Å². The number of rotatable bonds is 0. The van der Waals surface area contributed by atoms with Gasteiger partial charge in [0.25, 0.3) is 0 Å². The maximum atomic E-state index is 12.1. The van der Waals surface area contributed by atoms with Gasteiger partial charge < -0.3 is 9.47 Å². The lowest BCUT2D eigenvalue weighted by Gasteiger charge is -2.19. The smallest absolute Gasteiger partial charge is 0.342 e. The van der Waals surface area contributed by atoms with E-state index in [1.165, 1.54) is 12.2 Å². The van der Waals surface area contributed by atoms with Crippen molar-refractivity contribution in [2.45, 2.75) is 37.1 Å². The van der Waals surface area contributed by atoms with Gasteiger partial charge in [-0.25, -0.2) is 4.79 Å². The Hall–Kier alpha value is -2.01. The van der Waals surface area contributed by atoms with Crippen molar-refractivity contribution in [1.29, 1.82) is 0 Å². The predicted molar refractivity (Wildman–Crippen MR) is 66.7 cm³/mol. The van der Waals surface area contributed by atoms with Crippen molar-refractivity contribution in [3.8, 4) is 0 Å². The highest BCUT2D eigenvalue weighted by Gasteiger charge is 2.73. The zero-order valence-corrected chi connectivity index (χ0v) is 10.6. The van der Waals surface area contributed by atoms with E-state index < -0.39 is 23.8 Å². The molecule has 0 aromatic rings. The summed E-state index contributed by atoms with van der Waals surface area (Å²) in [6.45, 7) is 0. The Bertz CT molecular complexity index is 639. The summed E-state index contributed by atoms with van der Waals surface area (Å²) in [4.78, 5) is 36.1. The first-order chi connectivity index (χ1) is 9.63. The zero-order chi connectivity index (χ0) is 13.9. The van der Waals surface area contributed by atoms with Crippen LogP contribution in [0, 0.1) is 0 Å². The van der Waals surface area contributed by atoms with Gasteiger partial charge in [0.1, 0.15) is 6.10 Å². The number of hydrogen-bond donors (Lipinski definition) is 0. The molecule has 0 amide bonds. The van der Waals surface area contributed by atoms with Crippen LogP contribution in [-0.4, -0.2) is 35.3 Å². The summed E-state index contributed by atoms with van der Waals surface area (Å²) in [6, 6.07) is 0. The van der Waals surface area contributed by atoms with Crippen LogP contribution >= 0.6 is 0 Å². The molecule has 20 heavy (non-hydrogen) atoms. The highest BCUT2D eigenvalue weighted by Crippen LogP contribution is 2.52. The van der Waals surface area contributed by atoms with Gasteiger partial charge in [-0.1, -0.05) is 12.2 Å². The fraction of sp³-hybridized carbons (Fsp3) is 0.400. The van der Waals surface area contributed by atoms with E-state index in [-0.39, 0.29) is 11.6 Å². The lowest BCUT2D eigenvalue weighted by molar-refractivity contribution is -0.152. The summed E-state index contributed by atoms with van der Waals surface area (Å²) < 4.78 is 10.9. The SMILES string of the molecule is O=C1C=CC(=O)C2=C1C/C=C\CC[C@]13O[C@H]1[C@H]2OC3=O. The van der Waals surface area contributed by atoms with E-state index >= 15 is 0 Å². The first-order valence-electron chi connectivity index (χ1n) is 6.67. The number of carbonyl (C=O) groups is 3. The van der Waals surface area contributed by atoms with Crippen molar-refractivity contribution < 1.29 is 23.9 Å². The Kier molecular flexibility index (Phi) is 2.22. The van der Waals surface area contributed by atoms with Crippen LogP contribution in [0.4, 0.5) is 0 Å². The molecule has 0 radical (unpaired) electrons. The number of ether oxygens (including phenoxy) is 2. The summed E-state index contributed by atoms with van der Waals surface area (Å²) in [5.41, 5.74) is -0.184. The highest BCUT2D eigenvalue weighted by atomic mass is 16.7. The Morgan fingerprint density at radius 2 is 1.90 bits per heavy atom. The van der Waals surface area contributed by atoms with E-state index in [1.807, 2.05) is 12.2 Å². The molecule has 2 heterocycles. The molecule has 102 valence electrons. The Morgan fingerprint density at radius 3 is 2.70 bits per heavy atom. The van der Waals surface area contributed by atoms with Crippen molar-refractivity contribution in [1.82, 2.24) is 0 Å². The first kappa shape index (κ1) is 11.8. The minimum absolute atomic E-state index is 0.195. The Morgan fingerprint density at radius 1 is 1.10 bits per heavy atom. The molecule has 2 saturated heterocycles. The third-order valence-electron chi connectivity index (χ3n) is 4.32. The van der Waals surface area contributed by atoms with Crippen LogP contribution < -0.4 is 0 Å². The second kappa shape index (κ2) is 3.76. The molecule has 2 fully saturated rings. The standard InChI is InChI=1S/C15H12O5/c16-9-5-6-10(17)11-8(9)4-2-1-3-7-15-13(20-15)12(11)19-14(15)18/h1-2,5-6,12-13H,3-4,7H2/b2-1-/t12-,13-,15-/m0/s1. The molecule has 5 nitrogen and oxygen atoms in total. The predicted octanol–water partition coefficient (Wildman–Crippen LogP) is 0.794. The number of fused-ring (bicyclic) bond motifs is 1. The van der Waals surface area contributed by atoms with Crippen LogP contribution in [0.25, 0.3) is 0 Å². The molecule has 2 aliphatic heterocycles. The lowest BCUT2D eigenvalue weighted by Crippen LogP contribution is -2.28. The van der Waals surface area contributed by atoms with Crippen LogP contribution in [0.3, 0.4) is 0 Å². The minimum atomic E-state index is -0.894. The molecule has 4 rings (SSSR count). The molecule has 0 N–H and O–H groups in total. The topological polar surface area (TPSA) is 73.0 Å². The maximum absolute atomic E-state index is 12.1. The Labute approximate surface area is 114 Å². The Balaban J connectivity index is 1.85. The van der Waals surface area contributed by atoms with Crippen LogP contribution in [0.15, 0.2) is 35.5 Å². The average Bonchev–Trinajstić information content (AvgIpc) is 3.10. The normalized spacial score (nSPS) is 40.1. The van der Waals surface area contributed by atoms with E-state index in [0.29, 0.717) is 30.4 Å². The minimum Gasteiger partial charge on any atom is -0.452 e. The fourth-order valence-corrected chi connectivity index (χ4v) is 3.22. The van der Waals surface area contributed by atoms with Crippen LogP contribution in [0.1, 0.15) is 19.3 Å². The van der Waals surface area contributed by atoms with E-state index in [9.17, 15) is 14.4 Å². The van der Waals surface area contributed by atoms with Gasteiger partial charge >= 0.3 is 5.97 Å². The van der Waals surface area contributed by atoms with E-state index in [0.717, 1.165) is 0 Å². The second-order valence-corrected chi connectivity index (χ2v) is 5.42. The van der Waals surface area contributed by atoms with Crippen LogP contribution in [0.2, 0.25) is 0 Å². The molecule has 2 aliphatic carbocycles. The van der Waals surface area contributed by atoms with Gasteiger partial charge in [-0.2, -0.15) is 0 Å². The summed E-state index contributed by atoms with van der Waals surface area (Å²) in [5, 5.41) is 0. The largest absolute Gasteiger partial charge is 0.452 e. The maximum Gasteiger partial charge on any atom is 0.342 e. The van der Waals surface area contributed by atoms with Gasteiger partial charge in [0.15, 0.2) is 23.3 Å². The van der Waals surface area contributed by atoms with Crippen LogP contribution in [-0.2, 0) is 23.9 Å². The van der Waals surface area contributed by atoms with Crippen molar-refractivity contribution in [2.24, 2.45) is 0 Å². The molecule has 2 bridgehead atoms.